The first-order valence-electron chi connectivity index (χ1n) is 5.79. The van der Waals surface area contributed by atoms with E-state index in [1.807, 2.05) is 24.0 Å². The van der Waals surface area contributed by atoms with Gasteiger partial charge in [-0.3, -0.25) is 4.90 Å². The molecule has 0 amide bonds. The van der Waals surface area contributed by atoms with Crippen molar-refractivity contribution in [2.75, 3.05) is 25.5 Å². The molecule has 1 heterocycles. The number of benzene rings is 1. The van der Waals surface area contributed by atoms with Crippen LogP contribution in [-0.2, 0) is 6.54 Å². The van der Waals surface area contributed by atoms with Crippen LogP contribution in [0, 0.1) is 5.82 Å². The Hall–Kier alpha value is -1.46. The van der Waals surface area contributed by atoms with Crippen molar-refractivity contribution in [1.29, 1.82) is 0 Å². The van der Waals surface area contributed by atoms with Crippen molar-refractivity contribution >= 4 is 17.0 Å². The van der Waals surface area contributed by atoms with Gasteiger partial charge in [-0.2, -0.15) is 0 Å². The summed E-state index contributed by atoms with van der Waals surface area (Å²) in [5.74, 6) is -0.209. The van der Waals surface area contributed by atoms with Crippen LogP contribution in [0.3, 0.4) is 0 Å². The van der Waals surface area contributed by atoms with E-state index in [9.17, 15) is 4.39 Å². The van der Waals surface area contributed by atoms with Crippen molar-refractivity contribution in [3.63, 3.8) is 0 Å². The van der Waals surface area contributed by atoms with Gasteiger partial charge < -0.3 is 5.32 Å². The topological polar surface area (TPSA) is 28.2 Å². The highest BCUT2D eigenvalue weighted by Gasteiger charge is 2.03. The predicted molar refractivity (Wildman–Crippen MR) is 73.3 cm³/mol. The third kappa shape index (κ3) is 3.78. The molecule has 0 saturated heterocycles. The summed E-state index contributed by atoms with van der Waals surface area (Å²) < 4.78 is 13.3. The summed E-state index contributed by atoms with van der Waals surface area (Å²) in [6.45, 7) is 2.37. The molecule has 2 rings (SSSR count). The number of halogens is 1. The van der Waals surface area contributed by atoms with Gasteiger partial charge in [0, 0.05) is 25.0 Å². The van der Waals surface area contributed by atoms with Gasteiger partial charge in [-0.05, 0) is 19.2 Å². The van der Waals surface area contributed by atoms with Crippen molar-refractivity contribution in [1.82, 2.24) is 9.88 Å². The van der Waals surface area contributed by atoms with Crippen LogP contribution >= 0.6 is 11.3 Å². The Morgan fingerprint density at radius 3 is 2.94 bits per heavy atom. The normalized spacial score (nSPS) is 10.8. The lowest BCUT2D eigenvalue weighted by atomic mass is 10.3. The van der Waals surface area contributed by atoms with E-state index in [4.69, 9.17) is 0 Å². The van der Waals surface area contributed by atoms with E-state index in [0.717, 1.165) is 18.8 Å². The van der Waals surface area contributed by atoms with Gasteiger partial charge in [0.25, 0.3) is 0 Å². The van der Waals surface area contributed by atoms with Crippen molar-refractivity contribution < 1.29 is 4.39 Å². The number of para-hydroxylation sites is 1. The molecule has 0 unspecified atom stereocenters. The number of anilines is 1. The fourth-order valence-electron chi connectivity index (χ4n) is 1.66. The van der Waals surface area contributed by atoms with Gasteiger partial charge in [-0.15, -0.1) is 11.3 Å². The minimum absolute atomic E-state index is 0.209. The molecule has 0 bridgehead atoms. The molecule has 0 fully saturated rings. The highest BCUT2D eigenvalue weighted by Crippen LogP contribution is 2.11. The van der Waals surface area contributed by atoms with Gasteiger partial charge in [0.15, 0.2) is 0 Å². The van der Waals surface area contributed by atoms with Crippen LogP contribution in [0.2, 0.25) is 0 Å². The Bertz CT molecular complexity index is 473. The summed E-state index contributed by atoms with van der Waals surface area (Å²) in [5, 5.41) is 5.13. The van der Waals surface area contributed by atoms with Gasteiger partial charge in [0.1, 0.15) is 5.82 Å². The standard InChI is InChI=1S/C13H16FN3S/c1-17(8-11-9-18-10-16-11)7-6-15-13-5-3-2-4-12(13)14/h2-5,9-10,15H,6-8H2,1H3. The van der Waals surface area contributed by atoms with Crippen molar-refractivity contribution in [3.05, 3.63) is 46.7 Å². The van der Waals surface area contributed by atoms with Crippen LogP contribution in [-0.4, -0.2) is 30.0 Å². The number of hydrogen-bond donors (Lipinski definition) is 1. The molecule has 0 radical (unpaired) electrons. The molecular formula is C13H16FN3S. The van der Waals surface area contributed by atoms with E-state index in [1.54, 1.807) is 23.5 Å². The largest absolute Gasteiger partial charge is 0.381 e. The zero-order valence-corrected chi connectivity index (χ0v) is 11.1. The molecule has 1 aromatic heterocycles. The summed E-state index contributed by atoms with van der Waals surface area (Å²) in [6.07, 6.45) is 0. The lowest BCUT2D eigenvalue weighted by Gasteiger charge is -2.16. The van der Waals surface area contributed by atoms with E-state index in [1.165, 1.54) is 6.07 Å². The van der Waals surface area contributed by atoms with Crippen LogP contribution in [0.1, 0.15) is 5.69 Å². The van der Waals surface area contributed by atoms with E-state index < -0.39 is 0 Å². The molecule has 0 spiro atoms. The quantitative estimate of drug-likeness (QED) is 0.870. The molecule has 1 N–H and O–H groups in total. The zero-order valence-electron chi connectivity index (χ0n) is 10.3. The molecule has 1 aromatic carbocycles. The van der Waals surface area contributed by atoms with Crippen molar-refractivity contribution in [2.45, 2.75) is 6.54 Å². The second-order valence-electron chi connectivity index (χ2n) is 4.12. The Morgan fingerprint density at radius 1 is 1.39 bits per heavy atom. The third-order valence-corrected chi connectivity index (χ3v) is 3.23. The molecular weight excluding hydrogens is 249 g/mol. The number of likely N-dealkylation sites (N-methyl/N-ethyl adjacent to an activating group) is 1. The summed E-state index contributed by atoms with van der Waals surface area (Å²) >= 11 is 1.60. The SMILES string of the molecule is CN(CCNc1ccccc1F)Cc1cscn1. The summed E-state index contributed by atoms with van der Waals surface area (Å²) in [4.78, 5) is 6.39. The third-order valence-electron chi connectivity index (χ3n) is 2.60. The van der Waals surface area contributed by atoms with Crippen LogP contribution in [0.5, 0.6) is 0 Å². The molecule has 96 valence electrons. The highest BCUT2D eigenvalue weighted by molar-refractivity contribution is 7.07. The molecule has 18 heavy (non-hydrogen) atoms. The predicted octanol–water partition coefficient (Wildman–Crippen LogP) is 2.83. The molecule has 0 saturated carbocycles. The number of hydrogen-bond acceptors (Lipinski definition) is 4. The Labute approximate surface area is 110 Å². The minimum atomic E-state index is -0.209. The molecule has 5 heteroatoms. The fraction of sp³-hybridized carbons (Fsp3) is 0.308. The minimum Gasteiger partial charge on any atom is -0.381 e. The molecule has 0 aliphatic carbocycles. The van der Waals surface area contributed by atoms with E-state index in [2.05, 4.69) is 15.2 Å². The van der Waals surface area contributed by atoms with Gasteiger partial charge in [-0.25, -0.2) is 9.37 Å². The molecule has 2 aromatic rings. The average molecular weight is 265 g/mol. The number of nitrogens with one attached hydrogen (secondary N) is 1. The first-order valence-corrected chi connectivity index (χ1v) is 6.74. The summed E-state index contributed by atoms with van der Waals surface area (Å²) in [5.41, 5.74) is 3.47. The molecule has 0 atom stereocenters. The number of nitrogens with zero attached hydrogens (tertiary/aromatic N) is 2. The number of aromatic nitrogens is 1. The van der Waals surface area contributed by atoms with Gasteiger partial charge in [0.2, 0.25) is 0 Å². The molecule has 0 aliphatic rings. The molecule has 0 aliphatic heterocycles. The van der Waals surface area contributed by atoms with Crippen LogP contribution in [0.15, 0.2) is 35.2 Å². The Kier molecular flexibility index (Phi) is 4.66. The maximum Gasteiger partial charge on any atom is 0.146 e. The monoisotopic (exact) mass is 265 g/mol. The Morgan fingerprint density at radius 2 is 2.22 bits per heavy atom. The summed E-state index contributed by atoms with van der Waals surface area (Å²) in [6, 6.07) is 6.72. The van der Waals surface area contributed by atoms with Gasteiger partial charge in [0.05, 0.1) is 16.9 Å². The maximum absolute atomic E-state index is 13.3. The first kappa shape index (κ1) is 13.0. The second kappa shape index (κ2) is 6.47. The first-order chi connectivity index (χ1) is 8.75. The van der Waals surface area contributed by atoms with E-state index in [0.29, 0.717) is 12.2 Å². The van der Waals surface area contributed by atoms with Crippen LogP contribution in [0.4, 0.5) is 10.1 Å². The maximum atomic E-state index is 13.3. The van der Waals surface area contributed by atoms with Crippen molar-refractivity contribution in [2.24, 2.45) is 0 Å². The van der Waals surface area contributed by atoms with E-state index >= 15 is 0 Å². The Balaban J connectivity index is 1.74. The molecule has 3 nitrogen and oxygen atoms in total. The fourth-order valence-corrected chi connectivity index (χ4v) is 2.21. The van der Waals surface area contributed by atoms with Crippen LogP contribution in [0.25, 0.3) is 0 Å². The second-order valence-corrected chi connectivity index (χ2v) is 4.84. The number of rotatable bonds is 6. The average Bonchev–Trinajstić information content (AvgIpc) is 2.84. The lowest BCUT2D eigenvalue weighted by Crippen LogP contribution is -2.25. The van der Waals surface area contributed by atoms with Crippen LogP contribution < -0.4 is 5.32 Å². The number of thiazole rings is 1. The van der Waals surface area contributed by atoms with Crippen molar-refractivity contribution in [3.8, 4) is 0 Å². The highest BCUT2D eigenvalue weighted by atomic mass is 32.1. The van der Waals surface area contributed by atoms with Gasteiger partial charge in [-0.1, -0.05) is 12.1 Å². The summed E-state index contributed by atoms with van der Waals surface area (Å²) in [7, 11) is 2.03. The smallest absolute Gasteiger partial charge is 0.146 e. The van der Waals surface area contributed by atoms with Gasteiger partial charge >= 0.3 is 0 Å². The zero-order chi connectivity index (χ0) is 12.8. The lowest BCUT2D eigenvalue weighted by molar-refractivity contribution is 0.336. The van der Waals surface area contributed by atoms with E-state index in [-0.39, 0.29) is 5.82 Å².